The van der Waals surface area contributed by atoms with Crippen LogP contribution in [0.5, 0.6) is 0 Å². The Morgan fingerprint density at radius 1 is 1.30 bits per heavy atom. The van der Waals surface area contributed by atoms with Crippen molar-refractivity contribution in [2.45, 2.75) is 25.3 Å². The summed E-state index contributed by atoms with van der Waals surface area (Å²) >= 11 is 1.76. The summed E-state index contributed by atoms with van der Waals surface area (Å²) in [5.41, 5.74) is 5.75. The molecular formula is C17H20N2S. The van der Waals surface area contributed by atoms with E-state index in [0.29, 0.717) is 6.04 Å². The number of rotatable bonds is 3. The minimum atomic E-state index is 0.421. The highest BCUT2D eigenvalue weighted by molar-refractivity contribution is 7.08. The van der Waals surface area contributed by atoms with Crippen molar-refractivity contribution < 1.29 is 0 Å². The van der Waals surface area contributed by atoms with Crippen LogP contribution < -0.4 is 0 Å². The molecule has 1 aromatic carbocycles. The van der Waals surface area contributed by atoms with Crippen molar-refractivity contribution in [2.24, 2.45) is 4.99 Å². The molecule has 0 fully saturated rings. The van der Waals surface area contributed by atoms with Crippen molar-refractivity contribution in [1.82, 2.24) is 4.90 Å². The highest BCUT2D eigenvalue weighted by Crippen LogP contribution is 2.33. The number of fused-ring (bicyclic) bond motifs is 1. The van der Waals surface area contributed by atoms with Gasteiger partial charge in [-0.25, -0.2) is 0 Å². The van der Waals surface area contributed by atoms with E-state index in [9.17, 15) is 0 Å². The Bertz CT molecular complexity index is 599. The number of hydrogen-bond donors (Lipinski definition) is 0. The van der Waals surface area contributed by atoms with Gasteiger partial charge in [-0.1, -0.05) is 18.2 Å². The van der Waals surface area contributed by atoms with Crippen molar-refractivity contribution >= 4 is 17.7 Å². The zero-order valence-corrected chi connectivity index (χ0v) is 12.9. The van der Waals surface area contributed by atoms with E-state index in [1.54, 1.807) is 11.3 Å². The number of aryl methyl sites for hydroxylation is 1. The molecule has 0 aliphatic heterocycles. The first-order valence-corrected chi connectivity index (χ1v) is 8.01. The monoisotopic (exact) mass is 284 g/mol. The average molecular weight is 284 g/mol. The molecule has 0 bridgehead atoms. The zero-order chi connectivity index (χ0) is 13.9. The summed E-state index contributed by atoms with van der Waals surface area (Å²) < 4.78 is 0. The Labute approximate surface area is 124 Å². The van der Waals surface area contributed by atoms with E-state index < -0.39 is 0 Å². The molecule has 0 spiro atoms. The van der Waals surface area contributed by atoms with Crippen LogP contribution in [-0.2, 0) is 12.8 Å². The van der Waals surface area contributed by atoms with Gasteiger partial charge in [-0.3, -0.25) is 4.99 Å². The SMILES string of the molecule is CN(C)C=NC1CCc2cccc(-c3ccsc3)c2C1. The van der Waals surface area contributed by atoms with Crippen molar-refractivity contribution in [3.8, 4) is 11.1 Å². The Hall–Kier alpha value is -1.61. The van der Waals surface area contributed by atoms with Gasteiger partial charge in [0.1, 0.15) is 0 Å². The molecule has 1 aliphatic rings. The topological polar surface area (TPSA) is 15.6 Å². The van der Waals surface area contributed by atoms with E-state index in [1.807, 2.05) is 25.3 Å². The van der Waals surface area contributed by atoms with E-state index in [-0.39, 0.29) is 0 Å². The number of benzene rings is 1. The Kier molecular flexibility index (Phi) is 3.88. The average Bonchev–Trinajstić information content (AvgIpc) is 2.98. The van der Waals surface area contributed by atoms with Crippen LogP contribution in [0.4, 0.5) is 0 Å². The summed E-state index contributed by atoms with van der Waals surface area (Å²) in [6.45, 7) is 0. The molecule has 1 atom stereocenters. The van der Waals surface area contributed by atoms with Crippen LogP contribution in [-0.4, -0.2) is 31.4 Å². The molecule has 1 aromatic heterocycles. The van der Waals surface area contributed by atoms with Crippen LogP contribution in [0.15, 0.2) is 40.0 Å². The molecule has 104 valence electrons. The zero-order valence-electron chi connectivity index (χ0n) is 12.0. The fourth-order valence-electron chi connectivity index (χ4n) is 2.81. The first-order valence-electron chi connectivity index (χ1n) is 7.07. The van der Waals surface area contributed by atoms with E-state index in [1.165, 1.54) is 22.3 Å². The van der Waals surface area contributed by atoms with E-state index >= 15 is 0 Å². The van der Waals surface area contributed by atoms with Crippen molar-refractivity contribution in [3.63, 3.8) is 0 Å². The van der Waals surface area contributed by atoms with Gasteiger partial charge in [0.2, 0.25) is 0 Å². The van der Waals surface area contributed by atoms with Gasteiger partial charge in [-0.2, -0.15) is 11.3 Å². The van der Waals surface area contributed by atoms with Crippen LogP contribution in [0.3, 0.4) is 0 Å². The molecular weight excluding hydrogens is 264 g/mol. The molecule has 2 nitrogen and oxygen atoms in total. The second-order valence-electron chi connectivity index (χ2n) is 5.58. The van der Waals surface area contributed by atoms with Gasteiger partial charge in [0.15, 0.2) is 0 Å². The van der Waals surface area contributed by atoms with Crippen molar-refractivity contribution in [1.29, 1.82) is 0 Å². The minimum absolute atomic E-state index is 0.421. The third-order valence-corrected chi connectivity index (χ3v) is 4.48. The second-order valence-corrected chi connectivity index (χ2v) is 6.36. The molecule has 0 saturated carbocycles. The maximum absolute atomic E-state index is 4.71. The first kappa shape index (κ1) is 13.4. The maximum atomic E-state index is 4.71. The third-order valence-electron chi connectivity index (χ3n) is 3.80. The molecule has 1 aliphatic carbocycles. The van der Waals surface area contributed by atoms with E-state index in [0.717, 1.165) is 19.3 Å². The molecule has 3 heteroatoms. The van der Waals surface area contributed by atoms with Gasteiger partial charge < -0.3 is 4.90 Å². The van der Waals surface area contributed by atoms with Crippen molar-refractivity contribution in [3.05, 3.63) is 46.2 Å². The molecule has 2 aromatic rings. The minimum Gasteiger partial charge on any atom is -0.369 e. The molecule has 3 rings (SSSR count). The van der Waals surface area contributed by atoms with Gasteiger partial charge in [-0.15, -0.1) is 0 Å². The standard InChI is InChI=1S/C17H20N2S/c1-19(2)12-18-15-7-6-13-4-3-5-16(17(13)10-15)14-8-9-20-11-14/h3-5,8-9,11-12,15H,6-7,10H2,1-2H3. The first-order chi connectivity index (χ1) is 9.74. The Morgan fingerprint density at radius 3 is 2.95 bits per heavy atom. The van der Waals surface area contributed by atoms with Crippen LogP contribution in [0.1, 0.15) is 17.5 Å². The summed E-state index contributed by atoms with van der Waals surface area (Å²) in [6.07, 6.45) is 5.31. The molecule has 0 N–H and O–H groups in total. The Balaban J connectivity index is 1.91. The second kappa shape index (κ2) is 5.80. The molecule has 0 saturated heterocycles. The number of nitrogens with zero attached hydrogens (tertiary/aromatic N) is 2. The van der Waals surface area contributed by atoms with E-state index in [4.69, 9.17) is 4.99 Å². The highest BCUT2D eigenvalue weighted by Gasteiger charge is 2.20. The fraction of sp³-hybridized carbons (Fsp3) is 0.353. The normalized spacial score (nSPS) is 18.2. The largest absolute Gasteiger partial charge is 0.369 e. The summed E-state index contributed by atoms with van der Waals surface area (Å²) in [7, 11) is 4.05. The predicted octanol–water partition coefficient (Wildman–Crippen LogP) is 3.86. The molecule has 0 amide bonds. The lowest BCUT2D eigenvalue weighted by Crippen LogP contribution is -2.20. The fourth-order valence-corrected chi connectivity index (χ4v) is 3.47. The predicted molar refractivity (Wildman–Crippen MR) is 87.7 cm³/mol. The lowest BCUT2D eigenvalue weighted by molar-refractivity contribution is 0.562. The molecule has 0 radical (unpaired) electrons. The lowest BCUT2D eigenvalue weighted by Gasteiger charge is -2.24. The number of thiophene rings is 1. The van der Waals surface area contributed by atoms with Crippen LogP contribution in [0.25, 0.3) is 11.1 Å². The van der Waals surface area contributed by atoms with E-state index in [2.05, 4.69) is 35.0 Å². The maximum Gasteiger partial charge on any atom is 0.0848 e. The third kappa shape index (κ3) is 2.78. The summed E-state index contributed by atoms with van der Waals surface area (Å²) in [6, 6.07) is 9.35. The van der Waals surface area contributed by atoms with Gasteiger partial charge in [0.05, 0.1) is 12.4 Å². The van der Waals surface area contributed by atoms with Gasteiger partial charge in [-0.05, 0) is 58.3 Å². The Morgan fingerprint density at radius 2 is 2.20 bits per heavy atom. The molecule has 1 unspecified atom stereocenters. The summed E-state index contributed by atoms with van der Waals surface area (Å²) in [5, 5.41) is 4.39. The summed E-state index contributed by atoms with van der Waals surface area (Å²) in [4.78, 5) is 6.72. The summed E-state index contributed by atoms with van der Waals surface area (Å²) in [5.74, 6) is 0. The molecule has 1 heterocycles. The smallest absolute Gasteiger partial charge is 0.0848 e. The molecule has 20 heavy (non-hydrogen) atoms. The van der Waals surface area contributed by atoms with Gasteiger partial charge in [0.25, 0.3) is 0 Å². The van der Waals surface area contributed by atoms with Gasteiger partial charge >= 0.3 is 0 Å². The van der Waals surface area contributed by atoms with Gasteiger partial charge in [0, 0.05) is 14.1 Å². The highest BCUT2D eigenvalue weighted by atomic mass is 32.1. The number of hydrogen-bond acceptors (Lipinski definition) is 2. The lowest BCUT2D eigenvalue weighted by atomic mass is 9.84. The van der Waals surface area contributed by atoms with Crippen molar-refractivity contribution in [2.75, 3.05) is 14.1 Å². The quantitative estimate of drug-likeness (QED) is 0.617. The van der Waals surface area contributed by atoms with Crippen LogP contribution >= 0.6 is 11.3 Å². The van der Waals surface area contributed by atoms with Crippen LogP contribution in [0, 0.1) is 0 Å². The number of aliphatic imine (C=N–C) groups is 1. The van der Waals surface area contributed by atoms with Crippen LogP contribution in [0.2, 0.25) is 0 Å².